The predicted molar refractivity (Wildman–Crippen MR) is 82.3 cm³/mol. The summed E-state index contributed by atoms with van der Waals surface area (Å²) >= 11 is 4.98. The summed E-state index contributed by atoms with van der Waals surface area (Å²) < 4.78 is 0. The fraction of sp³-hybridized carbons (Fsp3) is 0.643. The Kier molecular flexibility index (Phi) is 4.04. The van der Waals surface area contributed by atoms with Crippen molar-refractivity contribution >= 4 is 23.2 Å². The minimum absolute atomic E-state index is 0.318. The molecule has 0 spiro atoms. The van der Waals surface area contributed by atoms with Crippen LogP contribution in [0.1, 0.15) is 50.9 Å². The van der Waals surface area contributed by atoms with Crippen molar-refractivity contribution in [1.29, 1.82) is 0 Å². The Morgan fingerprint density at radius 1 is 1.37 bits per heavy atom. The summed E-state index contributed by atoms with van der Waals surface area (Å²) in [5.74, 6) is 0.646. The standard InChI is InChI=1S/C14H22N4S/c1-9-8-11(12(15)19)18-13(16-9)17-10-4-6-14(2,3)7-5-10/h8,10H,4-7H2,1-3H3,(H2,15,19)(H,16,17,18). The van der Waals surface area contributed by atoms with Gasteiger partial charge in [0, 0.05) is 11.7 Å². The molecule has 4 nitrogen and oxygen atoms in total. The van der Waals surface area contributed by atoms with Crippen LogP contribution in [0.15, 0.2) is 6.07 Å². The van der Waals surface area contributed by atoms with E-state index in [2.05, 4.69) is 29.1 Å². The van der Waals surface area contributed by atoms with Crippen LogP contribution in [0, 0.1) is 12.3 Å². The fourth-order valence-electron chi connectivity index (χ4n) is 2.49. The molecule has 0 bridgehead atoms. The van der Waals surface area contributed by atoms with Crippen LogP contribution in [0.4, 0.5) is 5.95 Å². The Balaban J connectivity index is 2.05. The van der Waals surface area contributed by atoms with Crippen molar-refractivity contribution < 1.29 is 0 Å². The molecule has 0 unspecified atom stereocenters. The van der Waals surface area contributed by atoms with Crippen molar-refractivity contribution in [3.8, 4) is 0 Å². The van der Waals surface area contributed by atoms with Crippen molar-refractivity contribution in [3.05, 3.63) is 17.5 Å². The molecule has 1 aromatic rings. The van der Waals surface area contributed by atoms with E-state index in [1.54, 1.807) is 0 Å². The average molecular weight is 278 g/mol. The molecule has 104 valence electrons. The number of rotatable bonds is 3. The first-order chi connectivity index (χ1) is 8.85. The Morgan fingerprint density at radius 3 is 2.58 bits per heavy atom. The number of anilines is 1. The average Bonchev–Trinajstić information content (AvgIpc) is 2.31. The number of aromatic nitrogens is 2. The summed E-state index contributed by atoms with van der Waals surface area (Å²) in [6.07, 6.45) is 4.79. The van der Waals surface area contributed by atoms with Gasteiger partial charge in [-0.3, -0.25) is 0 Å². The number of nitrogens with zero attached hydrogens (tertiary/aromatic N) is 2. The molecule has 0 amide bonds. The van der Waals surface area contributed by atoms with E-state index < -0.39 is 0 Å². The molecule has 0 aliphatic heterocycles. The summed E-state index contributed by atoms with van der Waals surface area (Å²) in [5.41, 5.74) is 7.63. The molecule has 0 radical (unpaired) electrons. The normalized spacial score (nSPS) is 19.1. The van der Waals surface area contributed by atoms with Crippen molar-refractivity contribution in [1.82, 2.24) is 9.97 Å². The second kappa shape index (κ2) is 5.41. The molecule has 1 aliphatic carbocycles. The first kappa shape index (κ1) is 14.2. The van der Waals surface area contributed by atoms with Crippen LogP contribution in [0.2, 0.25) is 0 Å². The van der Waals surface area contributed by atoms with E-state index in [4.69, 9.17) is 18.0 Å². The number of thiocarbonyl (C=S) groups is 1. The first-order valence-corrected chi connectivity index (χ1v) is 7.19. The molecule has 5 heteroatoms. The second-order valence-electron chi connectivity index (χ2n) is 6.17. The summed E-state index contributed by atoms with van der Waals surface area (Å²) in [6, 6.07) is 2.27. The van der Waals surface area contributed by atoms with E-state index in [0.717, 1.165) is 18.5 Å². The quantitative estimate of drug-likeness (QED) is 0.832. The van der Waals surface area contributed by atoms with Crippen molar-refractivity contribution in [2.75, 3.05) is 5.32 Å². The summed E-state index contributed by atoms with van der Waals surface area (Å²) in [4.78, 5) is 9.10. The maximum Gasteiger partial charge on any atom is 0.223 e. The largest absolute Gasteiger partial charge is 0.388 e. The molecule has 3 N–H and O–H groups in total. The lowest BCUT2D eigenvalue weighted by Gasteiger charge is -2.34. The third-order valence-electron chi connectivity index (χ3n) is 3.78. The van der Waals surface area contributed by atoms with Gasteiger partial charge in [0.05, 0.1) is 0 Å². The monoisotopic (exact) mass is 278 g/mol. The van der Waals surface area contributed by atoms with Gasteiger partial charge in [0.15, 0.2) is 0 Å². The van der Waals surface area contributed by atoms with Gasteiger partial charge in [0.2, 0.25) is 5.95 Å². The zero-order valence-corrected chi connectivity index (χ0v) is 12.7. The zero-order chi connectivity index (χ0) is 14.0. The highest BCUT2D eigenvalue weighted by molar-refractivity contribution is 7.80. The molecule has 2 rings (SSSR count). The van der Waals surface area contributed by atoms with Gasteiger partial charge in [-0.1, -0.05) is 26.1 Å². The lowest BCUT2D eigenvalue weighted by atomic mass is 9.76. The number of nitrogens with two attached hydrogens (primary N) is 1. The van der Waals surface area contributed by atoms with Crippen LogP contribution < -0.4 is 11.1 Å². The van der Waals surface area contributed by atoms with E-state index in [-0.39, 0.29) is 0 Å². The van der Waals surface area contributed by atoms with E-state index in [1.165, 1.54) is 12.8 Å². The fourth-order valence-corrected chi connectivity index (χ4v) is 2.59. The Bertz CT molecular complexity index is 474. The van der Waals surface area contributed by atoms with E-state index in [0.29, 0.717) is 28.1 Å². The highest BCUT2D eigenvalue weighted by atomic mass is 32.1. The Labute approximate surface area is 120 Å². The molecule has 19 heavy (non-hydrogen) atoms. The molecule has 1 aromatic heterocycles. The van der Waals surface area contributed by atoms with Crippen LogP contribution in [0.3, 0.4) is 0 Å². The first-order valence-electron chi connectivity index (χ1n) is 6.78. The van der Waals surface area contributed by atoms with Gasteiger partial charge in [0.25, 0.3) is 0 Å². The van der Waals surface area contributed by atoms with Gasteiger partial charge >= 0.3 is 0 Å². The predicted octanol–water partition coefficient (Wildman–Crippen LogP) is 2.80. The highest BCUT2D eigenvalue weighted by Gasteiger charge is 2.27. The molecule has 0 atom stereocenters. The number of nitrogens with one attached hydrogen (secondary N) is 1. The van der Waals surface area contributed by atoms with Crippen LogP contribution in [-0.4, -0.2) is 21.0 Å². The molecule has 0 aromatic carbocycles. The topological polar surface area (TPSA) is 63.8 Å². The van der Waals surface area contributed by atoms with Crippen LogP contribution in [0.25, 0.3) is 0 Å². The number of aryl methyl sites for hydroxylation is 1. The van der Waals surface area contributed by atoms with Gasteiger partial charge in [0.1, 0.15) is 10.7 Å². The summed E-state index contributed by atoms with van der Waals surface area (Å²) in [5, 5.41) is 3.42. The van der Waals surface area contributed by atoms with Crippen molar-refractivity contribution in [2.45, 2.75) is 52.5 Å². The minimum Gasteiger partial charge on any atom is -0.388 e. The van der Waals surface area contributed by atoms with Crippen LogP contribution in [0.5, 0.6) is 0 Å². The lowest BCUT2D eigenvalue weighted by Crippen LogP contribution is -2.30. The molecule has 1 heterocycles. The van der Waals surface area contributed by atoms with Gasteiger partial charge in [-0.05, 0) is 44.1 Å². The Hall–Kier alpha value is -1.23. The smallest absolute Gasteiger partial charge is 0.223 e. The number of hydrogen-bond acceptors (Lipinski definition) is 4. The highest BCUT2D eigenvalue weighted by Crippen LogP contribution is 2.35. The summed E-state index contributed by atoms with van der Waals surface area (Å²) in [7, 11) is 0. The van der Waals surface area contributed by atoms with E-state index >= 15 is 0 Å². The van der Waals surface area contributed by atoms with Gasteiger partial charge in [-0.2, -0.15) is 0 Å². The molecular weight excluding hydrogens is 256 g/mol. The third kappa shape index (κ3) is 3.86. The van der Waals surface area contributed by atoms with Gasteiger partial charge in [-0.15, -0.1) is 0 Å². The maximum absolute atomic E-state index is 5.63. The van der Waals surface area contributed by atoms with Gasteiger partial charge in [-0.25, -0.2) is 9.97 Å². The van der Waals surface area contributed by atoms with Crippen LogP contribution >= 0.6 is 12.2 Å². The Morgan fingerprint density at radius 2 is 2.00 bits per heavy atom. The van der Waals surface area contributed by atoms with Gasteiger partial charge < -0.3 is 11.1 Å². The second-order valence-corrected chi connectivity index (χ2v) is 6.61. The molecule has 1 saturated carbocycles. The molecule has 1 aliphatic rings. The zero-order valence-electron chi connectivity index (χ0n) is 11.9. The SMILES string of the molecule is Cc1cc(C(N)=S)nc(NC2CCC(C)(C)CC2)n1. The lowest BCUT2D eigenvalue weighted by molar-refractivity contribution is 0.232. The maximum atomic E-state index is 5.63. The van der Waals surface area contributed by atoms with E-state index in [9.17, 15) is 0 Å². The third-order valence-corrected chi connectivity index (χ3v) is 3.99. The van der Waals surface area contributed by atoms with Crippen LogP contribution in [-0.2, 0) is 0 Å². The minimum atomic E-state index is 0.318. The number of hydrogen-bond donors (Lipinski definition) is 2. The summed E-state index contributed by atoms with van der Waals surface area (Å²) in [6.45, 7) is 6.59. The molecule has 0 saturated heterocycles. The molecule has 1 fully saturated rings. The molecular formula is C14H22N4S. The van der Waals surface area contributed by atoms with Crippen molar-refractivity contribution in [2.24, 2.45) is 11.1 Å². The van der Waals surface area contributed by atoms with E-state index in [1.807, 2.05) is 13.0 Å². The van der Waals surface area contributed by atoms with Crippen molar-refractivity contribution in [3.63, 3.8) is 0 Å².